The van der Waals surface area contributed by atoms with Crippen molar-refractivity contribution in [3.63, 3.8) is 0 Å². The molecule has 0 aliphatic carbocycles. The van der Waals surface area contributed by atoms with Gasteiger partial charge in [-0.2, -0.15) is 0 Å². The van der Waals surface area contributed by atoms with Crippen molar-refractivity contribution in [3.8, 4) is 0 Å². The van der Waals surface area contributed by atoms with Crippen LogP contribution in [0.4, 0.5) is 5.88 Å². The molecule has 84 valence electrons. The van der Waals surface area contributed by atoms with Crippen LogP contribution in [0, 0.1) is 0 Å². The first-order valence-corrected chi connectivity index (χ1v) is 5.36. The number of nitrogens with zero attached hydrogens (tertiary/aromatic N) is 2. The fourth-order valence-corrected chi connectivity index (χ4v) is 1.86. The second kappa shape index (κ2) is 3.90. The van der Waals surface area contributed by atoms with E-state index in [2.05, 4.69) is 16.2 Å². The number of anilines is 1. The quantitative estimate of drug-likeness (QED) is 0.727. The lowest BCUT2D eigenvalue weighted by atomic mass is 10.1. The average molecular weight is 225 g/mol. The molecular weight excluding hydrogens is 214 g/mol. The third kappa shape index (κ3) is 1.97. The Labute approximate surface area is 98.1 Å². The maximum atomic E-state index is 5.48. The Morgan fingerprint density at radius 3 is 2.94 bits per heavy atom. The van der Waals surface area contributed by atoms with Gasteiger partial charge in [0.25, 0.3) is 0 Å². The highest BCUT2D eigenvalue weighted by molar-refractivity contribution is 5.78. The maximum absolute atomic E-state index is 5.48. The van der Waals surface area contributed by atoms with Crippen LogP contribution in [-0.4, -0.2) is 10.1 Å². The molecule has 0 radical (unpaired) electrons. The molecule has 17 heavy (non-hydrogen) atoms. The summed E-state index contributed by atoms with van der Waals surface area (Å²) in [5.41, 5.74) is 8.48. The summed E-state index contributed by atoms with van der Waals surface area (Å²) in [6, 6.07) is 11.9. The molecule has 4 heteroatoms. The van der Waals surface area contributed by atoms with E-state index >= 15 is 0 Å². The molecule has 0 spiro atoms. The van der Waals surface area contributed by atoms with Crippen LogP contribution in [-0.2, 0) is 6.42 Å². The van der Waals surface area contributed by atoms with Crippen LogP contribution in [0.3, 0.4) is 0 Å². The number of benzene rings is 1. The molecule has 0 saturated carbocycles. The van der Waals surface area contributed by atoms with Crippen molar-refractivity contribution in [2.75, 3.05) is 5.73 Å². The first-order valence-electron chi connectivity index (χ1n) is 5.36. The van der Waals surface area contributed by atoms with Crippen molar-refractivity contribution in [2.45, 2.75) is 6.42 Å². The Bertz CT molecular complexity index is 660. The van der Waals surface area contributed by atoms with Crippen LogP contribution >= 0.6 is 0 Å². The predicted molar refractivity (Wildman–Crippen MR) is 65.5 cm³/mol. The molecular formula is C13H11N3O. The molecule has 0 aliphatic heterocycles. The van der Waals surface area contributed by atoms with Gasteiger partial charge in [-0.25, -0.2) is 0 Å². The molecule has 3 aromatic rings. The standard InChI is InChI=1S/C13H11N3O/c14-13-8-11(16-17-13)7-9-3-4-12-10(6-9)2-1-5-15-12/h1-6,8H,7,14H2. The van der Waals surface area contributed by atoms with Crippen molar-refractivity contribution in [1.82, 2.24) is 10.1 Å². The molecule has 4 nitrogen and oxygen atoms in total. The van der Waals surface area contributed by atoms with E-state index in [1.807, 2.05) is 24.3 Å². The largest absolute Gasteiger partial charge is 0.368 e. The molecule has 0 amide bonds. The number of hydrogen-bond donors (Lipinski definition) is 1. The van der Waals surface area contributed by atoms with Gasteiger partial charge in [-0.3, -0.25) is 4.98 Å². The normalized spacial score (nSPS) is 10.8. The zero-order chi connectivity index (χ0) is 11.7. The summed E-state index contributed by atoms with van der Waals surface area (Å²) < 4.78 is 4.84. The maximum Gasteiger partial charge on any atom is 0.222 e. The van der Waals surface area contributed by atoms with Crippen LogP contribution in [0.2, 0.25) is 0 Å². The average Bonchev–Trinajstić information content (AvgIpc) is 2.75. The van der Waals surface area contributed by atoms with Gasteiger partial charge in [0.1, 0.15) is 0 Å². The first-order chi connectivity index (χ1) is 8.31. The fraction of sp³-hybridized carbons (Fsp3) is 0.0769. The lowest BCUT2D eigenvalue weighted by molar-refractivity contribution is 0.429. The second-order valence-corrected chi connectivity index (χ2v) is 3.93. The van der Waals surface area contributed by atoms with E-state index in [4.69, 9.17) is 10.3 Å². The van der Waals surface area contributed by atoms with Gasteiger partial charge in [0.15, 0.2) is 0 Å². The summed E-state index contributed by atoms with van der Waals surface area (Å²) in [7, 11) is 0. The highest BCUT2D eigenvalue weighted by Gasteiger charge is 2.03. The lowest BCUT2D eigenvalue weighted by Gasteiger charge is -2.00. The Morgan fingerprint density at radius 1 is 1.18 bits per heavy atom. The van der Waals surface area contributed by atoms with E-state index in [-0.39, 0.29) is 0 Å². The number of aromatic nitrogens is 2. The highest BCUT2D eigenvalue weighted by Crippen LogP contribution is 2.16. The molecule has 1 aromatic carbocycles. The zero-order valence-electron chi connectivity index (χ0n) is 9.13. The summed E-state index contributed by atoms with van der Waals surface area (Å²) in [6.07, 6.45) is 2.51. The first kappa shape index (κ1) is 9.84. The molecule has 2 N–H and O–H groups in total. The van der Waals surface area contributed by atoms with Gasteiger partial charge in [-0.1, -0.05) is 17.3 Å². The van der Waals surface area contributed by atoms with Crippen molar-refractivity contribution < 1.29 is 4.52 Å². The summed E-state index contributed by atoms with van der Waals surface area (Å²) >= 11 is 0. The zero-order valence-corrected chi connectivity index (χ0v) is 9.13. The Hall–Kier alpha value is -2.36. The van der Waals surface area contributed by atoms with Gasteiger partial charge in [0, 0.05) is 24.1 Å². The molecule has 0 aliphatic rings. The molecule has 0 unspecified atom stereocenters. The Morgan fingerprint density at radius 2 is 2.12 bits per heavy atom. The van der Waals surface area contributed by atoms with Crippen molar-refractivity contribution in [1.29, 1.82) is 0 Å². The van der Waals surface area contributed by atoms with Gasteiger partial charge in [-0.05, 0) is 23.8 Å². The third-order valence-electron chi connectivity index (χ3n) is 2.63. The predicted octanol–water partition coefficient (Wildman–Crippen LogP) is 2.40. The van der Waals surface area contributed by atoms with Crippen molar-refractivity contribution >= 4 is 16.8 Å². The van der Waals surface area contributed by atoms with Crippen LogP contribution in [0.25, 0.3) is 10.9 Å². The summed E-state index contributed by atoms with van der Waals surface area (Å²) in [4.78, 5) is 4.28. The molecule has 0 saturated heterocycles. The number of fused-ring (bicyclic) bond motifs is 1. The second-order valence-electron chi connectivity index (χ2n) is 3.93. The van der Waals surface area contributed by atoms with E-state index in [1.165, 1.54) is 5.56 Å². The molecule has 2 aromatic heterocycles. The number of pyridine rings is 1. The number of nitrogens with two attached hydrogens (primary N) is 1. The lowest BCUT2D eigenvalue weighted by Crippen LogP contribution is -1.88. The van der Waals surface area contributed by atoms with Crippen LogP contribution in [0.15, 0.2) is 47.1 Å². The topological polar surface area (TPSA) is 64.9 Å². The van der Waals surface area contributed by atoms with Gasteiger partial charge >= 0.3 is 0 Å². The van der Waals surface area contributed by atoms with E-state index in [0.717, 1.165) is 16.6 Å². The Kier molecular flexibility index (Phi) is 2.26. The summed E-state index contributed by atoms with van der Waals surface area (Å²) in [5, 5.41) is 5.00. The summed E-state index contributed by atoms with van der Waals surface area (Å²) in [6.45, 7) is 0. The number of nitrogen functional groups attached to an aromatic ring is 1. The van der Waals surface area contributed by atoms with Crippen molar-refractivity contribution in [2.24, 2.45) is 0 Å². The SMILES string of the molecule is Nc1cc(Cc2ccc3ncccc3c2)no1. The van der Waals surface area contributed by atoms with E-state index in [0.29, 0.717) is 12.3 Å². The highest BCUT2D eigenvalue weighted by atomic mass is 16.5. The van der Waals surface area contributed by atoms with E-state index in [1.54, 1.807) is 12.3 Å². The molecule has 3 rings (SSSR count). The monoisotopic (exact) mass is 225 g/mol. The molecule has 0 fully saturated rings. The van der Waals surface area contributed by atoms with E-state index in [9.17, 15) is 0 Å². The van der Waals surface area contributed by atoms with Crippen LogP contribution < -0.4 is 5.73 Å². The van der Waals surface area contributed by atoms with Gasteiger partial charge in [-0.15, -0.1) is 0 Å². The van der Waals surface area contributed by atoms with Gasteiger partial charge < -0.3 is 10.3 Å². The fourth-order valence-electron chi connectivity index (χ4n) is 1.86. The molecule has 0 atom stereocenters. The molecule has 0 bridgehead atoms. The number of hydrogen-bond acceptors (Lipinski definition) is 4. The Balaban J connectivity index is 1.95. The van der Waals surface area contributed by atoms with Gasteiger partial charge in [0.05, 0.1) is 11.2 Å². The summed E-state index contributed by atoms with van der Waals surface area (Å²) in [5.74, 6) is 0.349. The molecule has 2 heterocycles. The smallest absolute Gasteiger partial charge is 0.222 e. The minimum absolute atomic E-state index is 0.349. The third-order valence-corrected chi connectivity index (χ3v) is 2.63. The van der Waals surface area contributed by atoms with Gasteiger partial charge in [0.2, 0.25) is 5.88 Å². The number of rotatable bonds is 2. The minimum atomic E-state index is 0.349. The van der Waals surface area contributed by atoms with Crippen LogP contribution in [0.1, 0.15) is 11.3 Å². The van der Waals surface area contributed by atoms with E-state index < -0.39 is 0 Å². The van der Waals surface area contributed by atoms with Crippen molar-refractivity contribution in [3.05, 3.63) is 53.9 Å². The van der Waals surface area contributed by atoms with Crippen LogP contribution in [0.5, 0.6) is 0 Å². The minimum Gasteiger partial charge on any atom is -0.368 e.